The zero-order chi connectivity index (χ0) is 17.2. The lowest BCUT2D eigenvalue weighted by Gasteiger charge is -2.36. The minimum atomic E-state index is -0.00158. The fourth-order valence-electron chi connectivity index (χ4n) is 3.64. The van der Waals surface area contributed by atoms with Crippen molar-refractivity contribution in [2.75, 3.05) is 0 Å². The van der Waals surface area contributed by atoms with E-state index in [4.69, 9.17) is 0 Å². The number of hydrogen-bond acceptors (Lipinski definition) is 1. The molecule has 0 heterocycles. The summed E-state index contributed by atoms with van der Waals surface area (Å²) in [5, 5.41) is 10.5. The Balaban J connectivity index is 2.63. The van der Waals surface area contributed by atoms with Crippen molar-refractivity contribution >= 4 is 0 Å². The molecule has 1 aliphatic carbocycles. The topological polar surface area (TPSA) is 20.2 Å². The van der Waals surface area contributed by atoms with Gasteiger partial charge in [-0.05, 0) is 53.4 Å². The van der Waals surface area contributed by atoms with Crippen molar-refractivity contribution in [3.63, 3.8) is 0 Å². The first-order valence-corrected chi connectivity index (χ1v) is 8.96. The maximum atomic E-state index is 10.5. The zero-order valence-corrected chi connectivity index (χ0v) is 15.6. The van der Waals surface area contributed by atoms with E-state index in [-0.39, 0.29) is 5.41 Å². The van der Waals surface area contributed by atoms with Crippen LogP contribution >= 0.6 is 0 Å². The number of phenolic OH excluding ortho intramolecular Hbond substituents is 1. The summed E-state index contributed by atoms with van der Waals surface area (Å²) >= 11 is 0. The van der Waals surface area contributed by atoms with Crippen LogP contribution in [-0.4, -0.2) is 5.11 Å². The molecule has 0 bridgehead atoms. The van der Waals surface area contributed by atoms with Gasteiger partial charge in [0.1, 0.15) is 5.75 Å². The summed E-state index contributed by atoms with van der Waals surface area (Å²) in [5.41, 5.74) is 3.90. The molecular formula is C22H32O. The number of benzene rings is 1. The Kier molecular flexibility index (Phi) is 5.39. The molecule has 2 rings (SSSR count). The molecule has 1 aliphatic rings. The van der Waals surface area contributed by atoms with Crippen LogP contribution in [0.15, 0.2) is 36.4 Å². The van der Waals surface area contributed by atoms with Crippen LogP contribution in [-0.2, 0) is 18.3 Å². The predicted octanol–water partition coefficient (Wildman–Crippen LogP) is 5.81. The molecule has 2 unspecified atom stereocenters. The van der Waals surface area contributed by atoms with E-state index >= 15 is 0 Å². The van der Waals surface area contributed by atoms with Gasteiger partial charge in [0.15, 0.2) is 0 Å². The first-order chi connectivity index (χ1) is 10.8. The Labute approximate surface area is 142 Å². The summed E-state index contributed by atoms with van der Waals surface area (Å²) in [6, 6.07) is 4.05. The summed E-state index contributed by atoms with van der Waals surface area (Å²) in [4.78, 5) is 0. The average Bonchev–Trinajstić information content (AvgIpc) is 2.45. The second kappa shape index (κ2) is 6.95. The van der Waals surface area contributed by atoms with Crippen molar-refractivity contribution in [2.24, 2.45) is 17.8 Å². The smallest absolute Gasteiger partial charge is 0.119 e. The Bertz CT molecular complexity index is 607. The third kappa shape index (κ3) is 3.71. The molecule has 0 saturated carbocycles. The van der Waals surface area contributed by atoms with Gasteiger partial charge in [-0.15, -0.1) is 0 Å². The Morgan fingerprint density at radius 2 is 1.61 bits per heavy atom. The van der Waals surface area contributed by atoms with E-state index < -0.39 is 0 Å². The van der Waals surface area contributed by atoms with E-state index in [1.54, 1.807) is 0 Å². The normalized spacial score (nSPS) is 23.9. The summed E-state index contributed by atoms with van der Waals surface area (Å²) in [6.45, 7) is 13.6. The van der Waals surface area contributed by atoms with E-state index in [2.05, 4.69) is 71.9 Å². The first kappa shape index (κ1) is 17.8. The zero-order valence-electron chi connectivity index (χ0n) is 15.6. The molecule has 0 saturated heterocycles. The Morgan fingerprint density at radius 3 is 2.17 bits per heavy atom. The van der Waals surface area contributed by atoms with Gasteiger partial charge >= 0.3 is 0 Å². The van der Waals surface area contributed by atoms with Gasteiger partial charge < -0.3 is 5.11 Å². The minimum absolute atomic E-state index is 0.00158. The molecule has 1 heteroatoms. The highest BCUT2D eigenvalue weighted by Crippen LogP contribution is 2.42. The second-order valence-electron chi connectivity index (χ2n) is 8.10. The quantitative estimate of drug-likeness (QED) is 0.727. The van der Waals surface area contributed by atoms with Gasteiger partial charge in [0.2, 0.25) is 0 Å². The Hall–Kier alpha value is -1.50. The highest BCUT2D eigenvalue weighted by molar-refractivity contribution is 5.51. The number of phenols is 1. The molecule has 0 amide bonds. The molecule has 1 aromatic carbocycles. The van der Waals surface area contributed by atoms with Crippen molar-refractivity contribution in [3.05, 3.63) is 53.1 Å². The SMILES string of the molecule is CC(C)Cc1c(O)ccc(C2(C)C=CC=CC2C)c1CC(C)C. The van der Waals surface area contributed by atoms with Crippen LogP contribution < -0.4 is 0 Å². The van der Waals surface area contributed by atoms with Gasteiger partial charge in [-0.2, -0.15) is 0 Å². The standard InChI is InChI=1S/C22H32O/c1-15(2)13-18-19(14-16(3)4)21(23)11-10-20(18)22(6)12-8-7-9-17(22)5/h7-12,15-17,23H,13-14H2,1-6H3. The summed E-state index contributed by atoms with van der Waals surface area (Å²) in [6.07, 6.45) is 10.9. The molecular weight excluding hydrogens is 280 g/mol. The fraction of sp³-hybridized carbons (Fsp3) is 0.545. The maximum Gasteiger partial charge on any atom is 0.119 e. The van der Waals surface area contributed by atoms with Gasteiger partial charge in [-0.1, -0.05) is 71.9 Å². The van der Waals surface area contributed by atoms with Crippen molar-refractivity contribution in [3.8, 4) is 5.75 Å². The van der Waals surface area contributed by atoms with E-state index in [0.717, 1.165) is 18.4 Å². The molecule has 0 radical (unpaired) electrons. The van der Waals surface area contributed by atoms with Crippen molar-refractivity contribution in [2.45, 2.75) is 59.8 Å². The minimum Gasteiger partial charge on any atom is -0.508 e. The van der Waals surface area contributed by atoms with Crippen LogP contribution in [0.5, 0.6) is 5.75 Å². The van der Waals surface area contributed by atoms with Crippen molar-refractivity contribution in [1.82, 2.24) is 0 Å². The van der Waals surface area contributed by atoms with Crippen LogP contribution in [0.1, 0.15) is 58.2 Å². The monoisotopic (exact) mass is 312 g/mol. The van der Waals surface area contributed by atoms with Crippen molar-refractivity contribution < 1.29 is 5.11 Å². The molecule has 0 fully saturated rings. The Morgan fingerprint density at radius 1 is 1.00 bits per heavy atom. The lowest BCUT2D eigenvalue weighted by Crippen LogP contribution is -2.30. The van der Waals surface area contributed by atoms with Gasteiger partial charge in [0.05, 0.1) is 0 Å². The number of hydrogen-bond donors (Lipinski definition) is 1. The molecule has 0 aliphatic heterocycles. The fourth-order valence-corrected chi connectivity index (χ4v) is 3.64. The number of allylic oxidation sites excluding steroid dienone is 4. The van der Waals surface area contributed by atoms with E-state index in [1.165, 1.54) is 11.1 Å². The van der Waals surface area contributed by atoms with Crippen molar-refractivity contribution in [1.29, 1.82) is 0 Å². The van der Waals surface area contributed by atoms with E-state index in [1.807, 2.05) is 6.07 Å². The highest BCUT2D eigenvalue weighted by atomic mass is 16.3. The van der Waals surface area contributed by atoms with Crippen LogP contribution in [0.4, 0.5) is 0 Å². The van der Waals surface area contributed by atoms with Crippen LogP contribution in [0.25, 0.3) is 0 Å². The molecule has 0 aromatic heterocycles. The summed E-state index contributed by atoms with van der Waals surface area (Å²) in [7, 11) is 0. The molecule has 1 N–H and O–H groups in total. The van der Waals surface area contributed by atoms with Gasteiger partial charge in [-0.25, -0.2) is 0 Å². The molecule has 23 heavy (non-hydrogen) atoms. The van der Waals surface area contributed by atoms with Crippen LogP contribution in [0.3, 0.4) is 0 Å². The number of aromatic hydroxyl groups is 1. The maximum absolute atomic E-state index is 10.5. The third-order valence-corrected chi connectivity index (χ3v) is 5.11. The number of rotatable bonds is 5. The van der Waals surface area contributed by atoms with E-state index in [0.29, 0.717) is 23.5 Å². The highest BCUT2D eigenvalue weighted by Gasteiger charge is 2.33. The van der Waals surface area contributed by atoms with Gasteiger partial charge in [0.25, 0.3) is 0 Å². The third-order valence-electron chi connectivity index (χ3n) is 5.11. The van der Waals surface area contributed by atoms with Crippen LogP contribution in [0.2, 0.25) is 0 Å². The first-order valence-electron chi connectivity index (χ1n) is 8.96. The summed E-state index contributed by atoms with van der Waals surface area (Å²) < 4.78 is 0. The summed E-state index contributed by atoms with van der Waals surface area (Å²) in [5.74, 6) is 2.03. The molecule has 2 atom stereocenters. The van der Waals surface area contributed by atoms with Crippen LogP contribution in [0, 0.1) is 17.8 Å². The second-order valence-corrected chi connectivity index (χ2v) is 8.10. The molecule has 1 nitrogen and oxygen atoms in total. The lowest BCUT2D eigenvalue weighted by atomic mass is 9.67. The van der Waals surface area contributed by atoms with Gasteiger partial charge in [-0.3, -0.25) is 0 Å². The predicted molar refractivity (Wildman–Crippen MR) is 100.0 cm³/mol. The average molecular weight is 312 g/mol. The van der Waals surface area contributed by atoms with E-state index in [9.17, 15) is 5.11 Å². The van der Waals surface area contributed by atoms with Gasteiger partial charge in [0, 0.05) is 5.41 Å². The molecule has 126 valence electrons. The lowest BCUT2D eigenvalue weighted by molar-refractivity contribution is 0.438. The molecule has 0 spiro atoms. The molecule has 1 aromatic rings. The largest absolute Gasteiger partial charge is 0.508 e.